The van der Waals surface area contributed by atoms with Gasteiger partial charge in [0, 0.05) is 22.7 Å². The summed E-state index contributed by atoms with van der Waals surface area (Å²) in [5.41, 5.74) is 0.571. The molecule has 1 aromatic carbocycles. The summed E-state index contributed by atoms with van der Waals surface area (Å²) in [6.45, 7) is -0.214. The topological polar surface area (TPSA) is 82.3 Å². The van der Waals surface area contributed by atoms with E-state index in [1.54, 1.807) is 6.20 Å². The normalized spacial score (nSPS) is 20.2. The van der Waals surface area contributed by atoms with Crippen LogP contribution in [-0.2, 0) is 4.79 Å². The number of Topliss-reactive ketones (excluding diaryl/α,β-unsaturated/α-hetero) is 1. The number of amides is 3. The standard InChI is InChI=1S/C20H23N3O3/c24-17(15-12-21-16-9-5-4-8-14(15)16)13-23-18(25)20(22-19(23)26)10-6-2-1-3-7-11-20/h4-5,8-9,12,21H,1-3,6-7,10-11,13H2,(H,22,26). The van der Waals surface area contributed by atoms with E-state index in [1.807, 2.05) is 24.3 Å². The minimum absolute atomic E-state index is 0.214. The molecule has 0 radical (unpaired) electrons. The summed E-state index contributed by atoms with van der Waals surface area (Å²) in [7, 11) is 0. The van der Waals surface area contributed by atoms with Crippen LogP contribution < -0.4 is 5.32 Å². The molecule has 1 aliphatic carbocycles. The molecule has 1 aromatic heterocycles. The number of rotatable bonds is 3. The molecule has 26 heavy (non-hydrogen) atoms. The van der Waals surface area contributed by atoms with Crippen molar-refractivity contribution in [2.75, 3.05) is 6.54 Å². The van der Waals surface area contributed by atoms with Gasteiger partial charge in [-0.05, 0) is 18.9 Å². The molecule has 1 saturated heterocycles. The second-order valence-corrected chi connectivity index (χ2v) is 7.34. The van der Waals surface area contributed by atoms with Gasteiger partial charge in [0.15, 0.2) is 5.78 Å². The zero-order valence-electron chi connectivity index (χ0n) is 14.7. The molecule has 2 heterocycles. The molecule has 3 amide bonds. The molecule has 0 bridgehead atoms. The van der Waals surface area contributed by atoms with Gasteiger partial charge < -0.3 is 10.3 Å². The van der Waals surface area contributed by atoms with E-state index in [4.69, 9.17) is 0 Å². The highest BCUT2D eigenvalue weighted by molar-refractivity contribution is 6.14. The van der Waals surface area contributed by atoms with E-state index in [9.17, 15) is 14.4 Å². The van der Waals surface area contributed by atoms with Crippen LogP contribution in [0.3, 0.4) is 0 Å². The number of H-pyrrole nitrogens is 1. The first kappa shape index (κ1) is 16.8. The Morgan fingerprint density at radius 2 is 1.73 bits per heavy atom. The Morgan fingerprint density at radius 3 is 2.50 bits per heavy atom. The number of carbonyl (C=O) groups excluding carboxylic acids is 3. The minimum Gasteiger partial charge on any atom is -0.360 e. The van der Waals surface area contributed by atoms with Crippen LogP contribution in [-0.4, -0.2) is 39.7 Å². The molecule has 1 saturated carbocycles. The van der Waals surface area contributed by atoms with Gasteiger partial charge in [0.05, 0.1) is 6.54 Å². The highest BCUT2D eigenvalue weighted by atomic mass is 16.2. The number of aromatic nitrogens is 1. The van der Waals surface area contributed by atoms with Gasteiger partial charge in [-0.3, -0.25) is 14.5 Å². The van der Waals surface area contributed by atoms with Crippen LogP contribution in [0.5, 0.6) is 0 Å². The summed E-state index contributed by atoms with van der Waals surface area (Å²) < 4.78 is 0. The number of urea groups is 1. The second kappa shape index (κ2) is 6.59. The second-order valence-electron chi connectivity index (χ2n) is 7.34. The maximum absolute atomic E-state index is 13.0. The summed E-state index contributed by atoms with van der Waals surface area (Å²) in [6, 6.07) is 7.07. The first-order chi connectivity index (χ1) is 12.6. The molecule has 6 nitrogen and oxygen atoms in total. The average molecular weight is 353 g/mol. The molecule has 4 rings (SSSR count). The van der Waals surface area contributed by atoms with Gasteiger partial charge in [-0.25, -0.2) is 4.79 Å². The Balaban J connectivity index is 1.55. The summed E-state index contributed by atoms with van der Waals surface area (Å²) in [6.07, 6.45) is 8.17. The fraction of sp³-hybridized carbons (Fsp3) is 0.450. The highest BCUT2D eigenvalue weighted by Crippen LogP contribution is 2.32. The van der Waals surface area contributed by atoms with Gasteiger partial charge in [-0.2, -0.15) is 0 Å². The molecule has 2 aromatic rings. The number of hydrogen-bond acceptors (Lipinski definition) is 3. The number of imide groups is 1. The molecular formula is C20H23N3O3. The van der Waals surface area contributed by atoms with Crippen molar-refractivity contribution in [2.45, 2.75) is 50.5 Å². The number of nitrogens with one attached hydrogen (secondary N) is 2. The van der Waals surface area contributed by atoms with Crippen LogP contribution in [0, 0.1) is 0 Å². The number of benzene rings is 1. The molecule has 2 fully saturated rings. The number of ketones is 1. The predicted molar refractivity (Wildman–Crippen MR) is 97.9 cm³/mol. The number of aromatic amines is 1. The minimum atomic E-state index is -0.808. The fourth-order valence-corrected chi connectivity index (χ4v) is 4.20. The van der Waals surface area contributed by atoms with Crippen molar-refractivity contribution in [3.63, 3.8) is 0 Å². The maximum Gasteiger partial charge on any atom is 0.325 e. The lowest BCUT2D eigenvalue weighted by Crippen LogP contribution is -2.47. The van der Waals surface area contributed by atoms with E-state index in [2.05, 4.69) is 10.3 Å². The molecule has 0 unspecified atom stereocenters. The Morgan fingerprint density at radius 1 is 1.04 bits per heavy atom. The fourth-order valence-electron chi connectivity index (χ4n) is 4.20. The molecule has 6 heteroatoms. The lowest BCUT2D eigenvalue weighted by molar-refractivity contribution is -0.131. The van der Waals surface area contributed by atoms with Gasteiger partial charge in [-0.1, -0.05) is 50.3 Å². The van der Waals surface area contributed by atoms with Crippen LogP contribution in [0.15, 0.2) is 30.5 Å². The van der Waals surface area contributed by atoms with E-state index in [1.165, 1.54) is 6.42 Å². The summed E-state index contributed by atoms with van der Waals surface area (Å²) in [5.74, 6) is -0.466. The molecule has 0 atom stereocenters. The number of nitrogens with zero attached hydrogens (tertiary/aromatic N) is 1. The van der Waals surface area contributed by atoms with Gasteiger partial charge in [0.1, 0.15) is 5.54 Å². The average Bonchev–Trinajstić information content (AvgIpc) is 3.14. The summed E-state index contributed by atoms with van der Waals surface area (Å²) in [5, 5.41) is 3.71. The van der Waals surface area contributed by atoms with Gasteiger partial charge in [-0.15, -0.1) is 0 Å². The molecule has 2 aliphatic rings. The van der Waals surface area contributed by atoms with E-state index in [0.717, 1.165) is 41.5 Å². The Hall–Kier alpha value is -2.63. The van der Waals surface area contributed by atoms with Crippen molar-refractivity contribution < 1.29 is 14.4 Å². The number of carbonyl (C=O) groups is 3. The lowest BCUT2D eigenvalue weighted by atomic mass is 9.84. The van der Waals surface area contributed by atoms with Crippen LogP contribution >= 0.6 is 0 Å². The maximum atomic E-state index is 13.0. The lowest BCUT2D eigenvalue weighted by Gasteiger charge is -2.28. The molecule has 1 aliphatic heterocycles. The van der Waals surface area contributed by atoms with Crippen molar-refractivity contribution >= 4 is 28.6 Å². The zero-order chi connectivity index (χ0) is 18.1. The monoisotopic (exact) mass is 353 g/mol. The van der Waals surface area contributed by atoms with Gasteiger partial charge in [0.2, 0.25) is 0 Å². The van der Waals surface area contributed by atoms with Crippen molar-refractivity contribution in [1.82, 2.24) is 15.2 Å². The van der Waals surface area contributed by atoms with Gasteiger partial charge in [0.25, 0.3) is 5.91 Å². The van der Waals surface area contributed by atoms with Crippen LogP contribution in [0.25, 0.3) is 10.9 Å². The number of para-hydroxylation sites is 1. The van der Waals surface area contributed by atoms with E-state index in [-0.39, 0.29) is 18.2 Å². The number of fused-ring (bicyclic) bond motifs is 1. The van der Waals surface area contributed by atoms with Gasteiger partial charge >= 0.3 is 6.03 Å². The van der Waals surface area contributed by atoms with Crippen molar-refractivity contribution in [3.05, 3.63) is 36.0 Å². The Labute approximate surface area is 151 Å². The molecular weight excluding hydrogens is 330 g/mol. The van der Waals surface area contributed by atoms with Crippen molar-refractivity contribution in [3.8, 4) is 0 Å². The highest BCUT2D eigenvalue weighted by Gasteiger charge is 2.50. The predicted octanol–water partition coefficient (Wildman–Crippen LogP) is 3.39. The van der Waals surface area contributed by atoms with E-state index >= 15 is 0 Å². The Kier molecular flexibility index (Phi) is 4.26. The zero-order valence-corrected chi connectivity index (χ0v) is 14.7. The van der Waals surface area contributed by atoms with Crippen molar-refractivity contribution in [2.24, 2.45) is 0 Å². The third-order valence-corrected chi connectivity index (χ3v) is 5.64. The van der Waals surface area contributed by atoms with Crippen molar-refractivity contribution in [1.29, 1.82) is 0 Å². The first-order valence-electron chi connectivity index (χ1n) is 9.34. The smallest absolute Gasteiger partial charge is 0.325 e. The largest absolute Gasteiger partial charge is 0.360 e. The molecule has 1 spiro atoms. The molecule has 136 valence electrons. The van der Waals surface area contributed by atoms with E-state index < -0.39 is 11.6 Å². The van der Waals surface area contributed by atoms with E-state index in [0.29, 0.717) is 18.4 Å². The SMILES string of the molecule is O=C(CN1C(=O)NC2(CCCCCCC2)C1=O)c1c[nH]c2ccccc12. The summed E-state index contributed by atoms with van der Waals surface area (Å²) >= 11 is 0. The van der Waals surface area contributed by atoms with Crippen LogP contribution in [0.1, 0.15) is 55.3 Å². The third-order valence-electron chi connectivity index (χ3n) is 5.64. The summed E-state index contributed by atoms with van der Waals surface area (Å²) in [4.78, 5) is 42.4. The van der Waals surface area contributed by atoms with Crippen LogP contribution in [0.4, 0.5) is 4.79 Å². The van der Waals surface area contributed by atoms with Crippen LogP contribution in [0.2, 0.25) is 0 Å². The quantitative estimate of drug-likeness (QED) is 0.655. The Bertz CT molecular complexity index is 862. The third kappa shape index (κ3) is 2.79. The first-order valence-corrected chi connectivity index (χ1v) is 9.34. The molecule has 2 N–H and O–H groups in total. The number of hydrogen-bond donors (Lipinski definition) is 2.